The summed E-state index contributed by atoms with van der Waals surface area (Å²) in [6.07, 6.45) is 4.59. The van der Waals surface area contributed by atoms with E-state index in [-0.39, 0.29) is 18.0 Å². The zero-order chi connectivity index (χ0) is 16.3. The fourth-order valence-electron chi connectivity index (χ4n) is 2.25. The van der Waals surface area contributed by atoms with Crippen LogP contribution in [0.3, 0.4) is 0 Å². The molecule has 0 saturated carbocycles. The fraction of sp³-hybridized carbons (Fsp3) is 0.353. The van der Waals surface area contributed by atoms with E-state index in [0.717, 1.165) is 17.4 Å². The van der Waals surface area contributed by atoms with Gasteiger partial charge in [0.05, 0.1) is 4.90 Å². The summed E-state index contributed by atoms with van der Waals surface area (Å²) in [6.45, 7) is 6.36. The maximum atomic E-state index is 12.7. The van der Waals surface area contributed by atoms with Crippen molar-refractivity contribution in [3.63, 3.8) is 0 Å². The van der Waals surface area contributed by atoms with Gasteiger partial charge in [-0.3, -0.25) is 4.79 Å². The highest BCUT2D eigenvalue weighted by molar-refractivity contribution is 7.89. The number of rotatable bonds is 5. The number of hydrogen-bond donors (Lipinski definition) is 0. The van der Waals surface area contributed by atoms with Crippen LogP contribution in [0.2, 0.25) is 0 Å². The molecule has 0 radical (unpaired) electrons. The lowest BCUT2D eigenvalue weighted by Gasteiger charge is -2.16. The van der Waals surface area contributed by atoms with Gasteiger partial charge in [0.2, 0.25) is 10.0 Å². The summed E-state index contributed by atoms with van der Waals surface area (Å²) < 4.78 is 26.6. The van der Waals surface area contributed by atoms with Crippen molar-refractivity contribution in [1.82, 2.24) is 4.31 Å². The molecular formula is C17H21NO3S. The minimum atomic E-state index is -3.57. The van der Waals surface area contributed by atoms with Gasteiger partial charge in [-0.2, -0.15) is 4.31 Å². The molecule has 2 rings (SSSR count). The molecule has 0 aliphatic carbocycles. The van der Waals surface area contributed by atoms with Crippen molar-refractivity contribution in [2.24, 2.45) is 5.92 Å². The minimum absolute atomic E-state index is 0.136. The lowest BCUT2D eigenvalue weighted by molar-refractivity contribution is -0.105. The topological polar surface area (TPSA) is 54.5 Å². The molecule has 4 nitrogen and oxygen atoms in total. The lowest BCUT2D eigenvalue weighted by atomic mass is 10.1. The molecule has 1 aliphatic heterocycles. The highest BCUT2D eigenvalue weighted by atomic mass is 32.2. The Hall–Kier alpha value is -1.72. The van der Waals surface area contributed by atoms with Crippen LogP contribution in [-0.2, 0) is 14.8 Å². The Kier molecular flexibility index (Phi) is 4.98. The van der Waals surface area contributed by atoms with Crippen LogP contribution in [0.5, 0.6) is 0 Å². The molecule has 1 aromatic carbocycles. The van der Waals surface area contributed by atoms with Crippen molar-refractivity contribution < 1.29 is 13.2 Å². The maximum absolute atomic E-state index is 12.7. The van der Waals surface area contributed by atoms with E-state index in [4.69, 9.17) is 0 Å². The van der Waals surface area contributed by atoms with Crippen LogP contribution >= 0.6 is 0 Å². The summed E-state index contributed by atoms with van der Waals surface area (Å²) in [4.78, 5) is 11.5. The normalized spacial score (nSPS) is 16.9. The zero-order valence-electron chi connectivity index (χ0n) is 13.1. The third kappa shape index (κ3) is 3.54. The number of carbonyl (C=O) groups excluding carboxylic acids is 1. The first-order valence-corrected chi connectivity index (χ1v) is 8.71. The molecule has 1 heterocycles. The molecule has 22 heavy (non-hydrogen) atoms. The van der Waals surface area contributed by atoms with E-state index in [1.165, 1.54) is 4.31 Å². The van der Waals surface area contributed by atoms with Crippen molar-refractivity contribution in [2.75, 3.05) is 13.1 Å². The fourth-order valence-corrected chi connectivity index (χ4v) is 3.65. The average molecular weight is 319 g/mol. The molecular weight excluding hydrogens is 298 g/mol. The Bertz CT molecular complexity index is 713. The average Bonchev–Trinajstić information content (AvgIpc) is 2.89. The van der Waals surface area contributed by atoms with Gasteiger partial charge in [0.15, 0.2) is 0 Å². The molecule has 0 N–H and O–H groups in total. The molecule has 0 saturated heterocycles. The van der Waals surface area contributed by atoms with E-state index in [9.17, 15) is 13.2 Å². The largest absolute Gasteiger partial charge is 0.298 e. The molecule has 0 spiro atoms. The summed E-state index contributed by atoms with van der Waals surface area (Å²) in [6, 6.07) is 6.76. The Morgan fingerprint density at radius 1 is 1.09 bits per heavy atom. The van der Waals surface area contributed by atoms with Gasteiger partial charge in [0.1, 0.15) is 6.29 Å². The van der Waals surface area contributed by atoms with Gasteiger partial charge in [0.25, 0.3) is 0 Å². The maximum Gasteiger partial charge on any atom is 0.243 e. The molecule has 0 unspecified atom stereocenters. The Labute approximate surface area is 132 Å². The summed E-state index contributed by atoms with van der Waals surface area (Å²) in [5, 5.41) is 0. The molecule has 5 heteroatoms. The molecule has 0 amide bonds. The van der Waals surface area contributed by atoms with Crippen molar-refractivity contribution in [1.29, 1.82) is 0 Å². The van der Waals surface area contributed by atoms with E-state index in [0.29, 0.717) is 11.5 Å². The molecule has 0 aromatic heterocycles. The number of sulfonamides is 1. The highest BCUT2D eigenvalue weighted by Gasteiger charge is 2.31. The van der Waals surface area contributed by atoms with E-state index < -0.39 is 10.0 Å². The Balaban J connectivity index is 2.25. The smallest absolute Gasteiger partial charge is 0.243 e. The summed E-state index contributed by atoms with van der Waals surface area (Å²) >= 11 is 0. The van der Waals surface area contributed by atoms with Crippen LogP contribution in [0, 0.1) is 12.8 Å². The number of aryl methyl sites for hydroxylation is 1. The van der Waals surface area contributed by atoms with Gasteiger partial charge in [0, 0.05) is 18.7 Å². The zero-order valence-corrected chi connectivity index (χ0v) is 13.9. The molecule has 1 aromatic rings. The van der Waals surface area contributed by atoms with Crippen LogP contribution in [0.1, 0.15) is 19.4 Å². The van der Waals surface area contributed by atoms with Gasteiger partial charge < -0.3 is 0 Å². The van der Waals surface area contributed by atoms with Crippen LogP contribution in [-0.4, -0.2) is 32.1 Å². The Morgan fingerprint density at radius 3 is 2.23 bits per heavy atom. The first-order valence-electron chi connectivity index (χ1n) is 7.27. The summed E-state index contributed by atoms with van der Waals surface area (Å²) in [5.74, 6) is 0.350. The monoisotopic (exact) mass is 319 g/mol. The van der Waals surface area contributed by atoms with Crippen molar-refractivity contribution in [3.8, 4) is 0 Å². The predicted octanol–water partition coefficient (Wildman–Crippen LogP) is 2.71. The molecule has 0 atom stereocenters. The third-order valence-corrected chi connectivity index (χ3v) is 5.40. The second-order valence-electron chi connectivity index (χ2n) is 5.86. The van der Waals surface area contributed by atoms with Crippen LogP contribution in [0.15, 0.2) is 52.5 Å². The SMILES string of the molecule is Cc1ccc(S(=O)(=O)N2CC(C=O)=C(/C=C/C(C)C)C2)cc1. The second kappa shape index (κ2) is 6.58. The van der Waals surface area contributed by atoms with Crippen LogP contribution in [0.4, 0.5) is 0 Å². The molecule has 0 bridgehead atoms. The number of allylic oxidation sites excluding steroid dienone is 1. The standard InChI is InChI=1S/C17H21NO3S/c1-13(2)4-7-15-10-18(11-16(15)12-19)22(20,21)17-8-5-14(3)6-9-17/h4-9,12-13H,10-11H2,1-3H3/b7-4+. The third-order valence-electron chi connectivity index (χ3n) is 3.59. The second-order valence-corrected chi connectivity index (χ2v) is 7.80. The molecule has 118 valence electrons. The van der Waals surface area contributed by atoms with Gasteiger partial charge in [-0.25, -0.2) is 8.42 Å². The number of aldehydes is 1. The van der Waals surface area contributed by atoms with E-state index in [1.807, 2.05) is 32.9 Å². The predicted molar refractivity (Wildman–Crippen MR) is 87.0 cm³/mol. The lowest BCUT2D eigenvalue weighted by Crippen LogP contribution is -2.29. The van der Waals surface area contributed by atoms with Crippen molar-refractivity contribution in [3.05, 3.63) is 53.1 Å². The summed E-state index contributed by atoms with van der Waals surface area (Å²) in [7, 11) is -3.57. The van der Waals surface area contributed by atoms with Gasteiger partial charge in [-0.15, -0.1) is 0 Å². The molecule has 0 fully saturated rings. The highest BCUT2D eigenvalue weighted by Crippen LogP contribution is 2.25. The van der Waals surface area contributed by atoms with Gasteiger partial charge in [-0.1, -0.05) is 43.7 Å². The van der Waals surface area contributed by atoms with Crippen LogP contribution in [0.25, 0.3) is 0 Å². The van der Waals surface area contributed by atoms with Gasteiger partial charge >= 0.3 is 0 Å². The first kappa shape index (κ1) is 16.6. The van der Waals surface area contributed by atoms with Crippen molar-refractivity contribution >= 4 is 16.3 Å². The summed E-state index contributed by atoms with van der Waals surface area (Å²) in [5.41, 5.74) is 2.32. The van der Waals surface area contributed by atoms with E-state index >= 15 is 0 Å². The number of hydrogen-bond acceptors (Lipinski definition) is 3. The number of carbonyl (C=O) groups is 1. The molecule has 1 aliphatic rings. The van der Waals surface area contributed by atoms with E-state index in [2.05, 4.69) is 0 Å². The van der Waals surface area contributed by atoms with Crippen LogP contribution < -0.4 is 0 Å². The van der Waals surface area contributed by atoms with Gasteiger partial charge in [-0.05, 0) is 30.5 Å². The quantitative estimate of drug-likeness (QED) is 0.784. The minimum Gasteiger partial charge on any atom is -0.298 e. The number of benzene rings is 1. The first-order chi connectivity index (χ1) is 10.3. The Morgan fingerprint density at radius 2 is 1.68 bits per heavy atom. The van der Waals surface area contributed by atoms with Crippen molar-refractivity contribution in [2.45, 2.75) is 25.7 Å². The van der Waals surface area contributed by atoms with E-state index in [1.54, 1.807) is 24.3 Å². The number of nitrogens with zero attached hydrogens (tertiary/aromatic N) is 1.